The number of hydrogen-bond donors (Lipinski definition) is 2. The number of nitrogens with two attached hydrogens (primary N) is 1. The number of nitrogens with one attached hydrogen (secondary N) is 1. The number of halogens is 3. The first-order chi connectivity index (χ1) is 9.81. The van der Waals surface area contributed by atoms with Gasteiger partial charge in [0.15, 0.2) is 0 Å². The highest BCUT2D eigenvalue weighted by Crippen LogP contribution is 2.36. The molecule has 1 aromatic rings. The lowest BCUT2D eigenvalue weighted by Gasteiger charge is -2.21. The number of nitrogen functional groups attached to an aromatic ring is 1. The zero-order valence-corrected chi connectivity index (χ0v) is 11.4. The molecule has 1 amide bonds. The van der Waals surface area contributed by atoms with Crippen LogP contribution in [0.15, 0.2) is 18.2 Å². The number of hydrogen-bond acceptors (Lipinski definition) is 4. The van der Waals surface area contributed by atoms with Crippen LogP contribution >= 0.6 is 0 Å². The second kappa shape index (κ2) is 5.71. The lowest BCUT2D eigenvalue weighted by atomic mass is 10.1. The molecule has 1 saturated heterocycles. The van der Waals surface area contributed by atoms with E-state index in [1.165, 1.54) is 13.2 Å². The molecular weight excluding hydrogens is 287 g/mol. The van der Waals surface area contributed by atoms with Gasteiger partial charge in [0.2, 0.25) is 0 Å². The number of rotatable bonds is 2. The molecule has 0 aromatic heterocycles. The van der Waals surface area contributed by atoms with Gasteiger partial charge in [-0.15, -0.1) is 0 Å². The number of carbonyl (C=O) groups excluding carboxylic acids is 1. The average molecular weight is 303 g/mol. The third-order valence-corrected chi connectivity index (χ3v) is 3.40. The standard InChI is InChI=1S/C13H16F3N3O2/c1-21-12(20)18-8-4-5-19(7-8)9-2-3-11(17)10(6-9)13(14,15)16/h2-3,6,8H,4-5,7,17H2,1H3,(H,18,20). The van der Waals surface area contributed by atoms with Crippen LogP contribution in [0.25, 0.3) is 0 Å². The van der Waals surface area contributed by atoms with Crippen LogP contribution in [0.1, 0.15) is 12.0 Å². The maximum absolute atomic E-state index is 12.8. The van der Waals surface area contributed by atoms with Gasteiger partial charge in [0.05, 0.1) is 18.7 Å². The Morgan fingerprint density at radius 2 is 2.19 bits per heavy atom. The summed E-state index contributed by atoms with van der Waals surface area (Å²) in [5.41, 5.74) is 4.67. The molecule has 1 aliphatic rings. The predicted octanol–water partition coefficient (Wildman–Crippen LogP) is 2.22. The molecule has 1 fully saturated rings. The van der Waals surface area contributed by atoms with E-state index in [-0.39, 0.29) is 11.7 Å². The number of alkyl carbamates (subject to hydrolysis) is 1. The first kappa shape index (κ1) is 15.3. The molecule has 2 rings (SSSR count). The van der Waals surface area contributed by atoms with Crippen LogP contribution in [0.3, 0.4) is 0 Å². The fraction of sp³-hybridized carbons (Fsp3) is 0.462. The van der Waals surface area contributed by atoms with Crippen LogP contribution in [0.2, 0.25) is 0 Å². The van der Waals surface area contributed by atoms with Gasteiger partial charge in [0.1, 0.15) is 0 Å². The third kappa shape index (κ3) is 3.50. The van der Waals surface area contributed by atoms with Gasteiger partial charge >= 0.3 is 12.3 Å². The molecule has 0 saturated carbocycles. The number of carbonyl (C=O) groups is 1. The van der Waals surface area contributed by atoms with Crippen molar-refractivity contribution in [1.82, 2.24) is 5.32 Å². The number of amides is 1. The smallest absolute Gasteiger partial charge is 0.418 e. The SMILES string of the molecule is COC(=O)NC1CCN(c2ccc(N)c(C(F)(F)F)c2)C1. The highest BCUT2D eigenvalue weighted by atomic mass is 19.4. The number of ether oxygens (including phenoxy) is 1. The zero-order valence-electron chi connectivity index (χ0n) is 11.4. The van der Waals surface area contributed by atoms with Crippen molar-refractivity contribution < 1.29 is 22.7 Å². The summed E-state index contributed by atoms with van der Waals surface area (Å²) in [6.45, 7) is 0.978. The van der Waals surface area contributed by atoms with E-state index in [2.05, 4.69) is 10.1 Å². The molecule has 1 atom stereocenters. The van der Waals surface area contributed by atoms with Crippen molar-refractivity contribution in [3.63, 3.8) is 0 Å². The number of benzene rings is 1. The van der Waals surface area contributed by atoms with Crippen LogP contribution in [0, 0.1) is 0 Å². The fourth-order valence-corrected chi connectivity index (χ4v) is 2.32. The topological polar surface area (TPSA) is 67.6 Å². The Balaban J connectivity index is 2.12. The van der Waals surface area contributed by atoms with Crippen molar-refractivity contribution in [2.24, 2.45) is 0 Å². The second-order valence-corrected chi connectivity index (χ2v) is 4.84. The van der Waals surface area contributed by atoms with Gasteiger partial charge in [0, 0.05) is 24.5 Å². The highest BCUT2D eigenvalue weighted by molar-refractivity contribution is 5.68. The number of nitrogens with zero attached hydrogens (tertiary/aromatic N) is 1. The molecule has 0 bridgehead atoms. The third-order valence-electron chi connectivity index (χ3n) is 3.40. The lowest BCUT2D eigenvalue weighted by molar-refractivity contribution is -0.136. The summed E-state index contributed by atoms with van der Waals surface area (Å²) >= 11 is 0. The molecule has 1 unspecified atom stereocenters. The van der Waals surface area contributed by atoms with Crippen LogP contribution in [-0.4, -0.2) is 32.3 Å². The number of anilines is 2. The molecule has 1 aromatic carbocycles. The minimum atomic E-state index is -4.48. The molecule has 8 heteroatoms. The van der Waals surface area contributed by atoms with Crippen molar-refractivity contribution in [3.05, 3.63) is 23.8 Å². The van der Waals surface area contributed by atoms with E-state index in [0.717, 1.165) is 6.07 Å². The van der Waals surface area contributed by atoms with E-state index in [1.807, 2.05) is 0 Å². The van der Waals surface area contributed by atoms with Crippen molar-refractivity contribution >= 4 is 17.5 Å². The Morgan fingerprint density at radius 3 is 2.81 bits per heavy atom. The Bertz CT molecular complexity index is 534. The maximum atomic E-state index is 12.8. The highest BCUT2D eigenvalue weighted by Gasteiger charge is 2.34. The first-order valence-electron chi connectivity index (χ1n) is 6.37. The summed E-state index contributed by atoms with van der Waals surface area (Å²) < 4.78 is 43.0. The fourth-order valence-electron chi connectivity index (χ4n) is 2.32. The predicted molar refractivity (Wildman–Crippen MR) is 72.0 cm³/mol. The number of methoxy groups -OCH3 is 1. The summed E-state index contributed by atoms with van der Waals surface area (Å²) in [6.07, 6.45) is -4.39. The first-order valence-corrected chi connectivity index (χ1v) is 6.37. The van der Waals surface area contributed by atoms with E-state index in [0.29, 0.717) is 25.2 Å². The quantitative estimate of drug-likeness (QED) is 0.822. The van der Waals surface area contributed by atoms with Crippen LogP contribution in [-0.2, 0) is 10.9 Å². The van der Waals surface area contributed by atoms with E-state index < -0.39 is 17.8 Å². The van der Waals surface area contributed by atoms with Crippen LogP contribution < -0.4 is 16.0 Å². The van der Waals surface area contributed by atoms with Gasteiger partial charge in [-0.3, -0.25) is 0 Å². The Hall–Kier alpha value is -2.12. The molecule has 116 valence electrons. The van der Waals surface area contributed by atoms with Crippen molar-refractivity contribution in [3.8, 4) is 0 Å². The van der Waals surface area contributed by atoms with Crippen molar-refractivity contribution in [2.75, 3.05) is 30.8 Å². The Labute approximate surface area is 119 Å². The second-order valence-electron chi connectivity index (χ2n) is 4.84. The summed E-state index contributed by atoms with van der Waals surface area (Å²) in [5, 5.41) is 2.63. The average Bonchev–Trinajstić information content (AvgIpc) is 2.86. The number of alkyl halides is 3. The molecule has 1 aliphatic heterocycles. The Kier molecular flexibility index (Phi) is 4.15. The minimum absolute atomic E-state index is 0.149. The van der Waals surface area contributed by atoms with Gasteiger partial charge in [-0.25, -0.2) is 4.79 Å². The van der Waals surface area contributed by atoms with Gasteiger partial charge in [0.25, 0.3) is 0 Å². The van der Waals surface area contributed by atoms with E-state index in [9.17, 15) is 18.0 Å². The van der Waals surface area contributed by atoms with E-state index in [4.69, 9.17) is 5.73 Å². The van der Waals surface area contributed by atoms with Crippen LogP contribution in [0.4, 0.5) is 29.3 Å². The van der Waals surface area contributed by atoms with Gasteiger partial charge < -0.3 is 20.7 Å². The molecule has 3 N–H and O–H groups in total. The Morgan fingerprint density at radius 1 is 1.48 bits per heavy atom. The molecule has 0 aliphatic carbocycles. The van der Waals surface area contributed by atoms with Gasteiger partial charge in [-0.1, -0.05) is 0 Å². The summed E-state index contributed by atoms with van der Waals surface area (Å²) in [6, 6.07) is 3.68. The van der Waals surface area contributed by atoms with E-state index >= 15 is 0 Å². The zero-order chi connectivity index (χ0) is 15.6. The monoisotopic (exact) mass is 303 g/mol. The van der Waals surface area contributed by atoms with Gasteiger partial charge in [-0.05, 0) is 24.6 Å². The van der Waals surface area contributed by atoms with Crippen LogP contribution in [0.5, 0.6) is 0 Å². The lowest BCUT2D eigenvalue weighted by Crippen LogP contribution is -2.37. The molecule has 5 nitrogen and oxygen atoms in total. The summed E-state index contributed by atoms with van der Waals surface area (Å²) in [7, 11) is 1.26. The summed E-state index contributed by atoms with van der Waals surface area (Å²) in [5.74, 6) is 0. The molecule has 21 heavy (non-hydrogen) atoms. The molecule has 0 radical (unpaired) electrons. The van der Waals surface area contributed by atoms with Crippen molar-refractivity contribution in [1.29, 1.82) is 0 Å². The molecular formula is C13H16F3N3O2. The van der Waals surface area contributed by atoms with E-state index in [1.54, 1.807) is 11.0 Å². The molecule has 1 heterocycles. The normalized spacial score (nSPS) is 18.7. The summed E-state index contributed by atoms with van der Waals surface area (Å²) in [4.78, 5) is 12.9. The minimum Gasteiger partial charge on any atom is -0.453 e. The van der Waals surface area contributed by atoms with Gasteiger partial charge in [-0.2, -0.15) is 13.2 Å². The maximum Gasteiger partial charge on any atom is 0.418 e. The van der Waals surface area contributed by atoms with Crippen molar-refractivity contribution in [2.45, 2.75) is 18.6 Å². The molecule has 0 spiro atoms. The largest absolute Gasteiger partial charge is 0.453 e.